The molecule has 0 bridgehead atoms. The molecule has 1 rings (SSSR count). The van der Waals surface area contributed by atoms with E-state index in [-0.39, 0.29) is 29.6 Å². The fraction of sp³-hybridized carbons (Fsp3) is 0.857. The summed E-state index contributed by atoms with van der Waals surface area (Å²) in [6, 6.07) is 0. The number of epoxide rings is 1. The molecule has 118 valence electrons. The van der Waals surface area contributed by atoms with Crippen LogP contribution in [0.4, 0.5) is 4.79 Å². The van der Waals surface area contributed by atoms with E-state index in [0.29, 0.717) is 19.1 Å². The summed E-state index contributed by atoms with van der Waals surface area (Å²) in [6.45, 7) is 9.70. The first-order chi connectivity index (χ1) is 9.30. The molecule has 1 heterocycles. The van der Waals surface area contributed by atoms with Gasteiger partial charge in [-0.25, -0.2) is 9.59 Å². The van der Waals surface area contributed by atoms with Gasteiger partial charge >= 0.3 is 41.6 Å². The summed E-state index contributed by atoms with van der Waals surface area (Å²) in [4.78, 5) is 22.8. The molecule has 1 fully saturated rings. The number of hydrogen-bond acceptors (Lipinski definition) is 5. The molecule has 0 aliphatic carbocycles. The van der Waals surface area contributed by atoms with Crippen LogP contribution in [0.5, 0.6) is 0 Å². The summed E-state index contributed by atoms with van der Waals surface area (Å²) < 4.78 is 14.9. The van der Waals surface area contributed by atoms with Gasteiger partial charge in [-0.2, -0.15) is 0 Å². The molecule has 1 aliphatic rings. The van der Waals surface area contributed by atoms with E-state index in [0.717, 1.165) is 19.4 Å². The monoisotopic (exact) mass is 311 g/mol. The molecule has 21 heavy (non-hydrogen) atoms. The number of amides is 1. The van der Waals surface area contributed by atoms with Crippen molar-refractivity contribution >= 4 is 41.6 Å². The maximum atomic E-state index is 11.5. The van der Waals surface area contributed by atoms with E-state index in [9.17, 15) is 9.59 Å². The van der Waals surface area contributed by atoms with Crippen LogP contribution in [0.1, 0.15) is 40.5 Å². The van der Waals surface area contributed by atoms with E-state index in [4.69, 9.17) is 9.47 Å². The Bertz CT molecular complexity index is 342. The molecule has 1 saturated heterocycles. The van der Waals surface area contributed by atoms with Gasteiger partial charge < -0.3 is 19.5 Å². The molecule has 0 spiro atoms. The van der Waals surface area contributed by atoms with Gasteiger partial charge in [0, 0.05) is 18.8 Å². The molecule has 0 radical (unpaired) electrons. The molecule has 0 aromatic heterocycles. The van der Waals surface area contributed by atoms with Crippen molar-refractivity contribution in [3.05, 3.63) is 0 Å². The van der Waals surface area contributed by atoms with Crippen molar-refractivity contribution in [1.82, 2.24) is 5.32 Å². The Balaban J connectivity index is 0.00000400. The molecule has 1 amide bonds. The van der Waals surface area contributed by atoms with Crippen LogP contribution in [0.25, 0.3) is 0 Å². The number of ether oxygens (including phenoxy) is 3. The quantitative estimate of drug-likeness (QED) is 0.240. The molecular weight excluding hydrogens is 285 g/mol. The number of esters is 1. The van der Waals surface area contributed by atoms with Crippen molar-refractivity contribution < 1.29 is 23.8 Å². The summed E-state index contributed by atoms with van der Waals surface area (Å²) in [6.07, 6.45) is 0.292. The Labute approximate surface area is 148 Å². The van der Waals surface area contributed by atoms with Gasteiger partial charge in [-0.3, -0.25) is 0 Å². The van der Waals surface area contributed by atoms with Crippen molar-refractivity contribution in [2.75, 3.05) is 19.8 Å². The third kappa shape index (κ3) is 10.3. The average molecular weight is 311 g/mol. The van der Waals surface area contributed by atoms with E-state index in [2.05, 4.69) is 23.9 Å². The number of hydrogen-bond donors (Lipinski definition) is 1. The second-order valence-corrected chi connectivity index (χ2v) is 6.11. The second-order valence-electron chi connectivity index (χ2n) is 6.11. The number of carbonyl (C=O) groups excluding carboxylic acids is 2. The molecule has 1 aliphatic heterocycles. The Morgan fingerprint density at radius 3 is 2.52 bits per heavy atom. The summed E-state index contributed by atoms with van der Waals surface area (Å²) in [7, 11) is 0. The second kappa shape index (κ2) is 9.79. The SMILES string of the molecule is CC(C)COCCCC(C)(C)NC(=O)OC(=O)C1CO1.[NaH]. The third-order valence-corrected chi connectivity index (χ3v) is 2.77. The van der Waals surface area contributed by atoms with Crippen molar-refractivity contribution in [3.63, 3.8) is 0 Å². The molecule has 0 aromatic rings. The van der Waals surface area contributed by atoms with Gasteiger partial charge in [0.05, 0.1) is 6.61 Å². The predicted molar refractivity (Wildman–Crippen MR) is 80.5 cm³/mol. The number of alkyl carbamates (subject to hydrolysis) is 1. The molecule has 0 saturated carbocycles. The van der Waals surface area contributed by atoms with Gasteiger partial charge in [0.1, 0.15) is 0 Å². The van der Waals surface area contributed by atoms with Crippen LogP contribution in [0, 0.1) is 5.92 Å². The van der Waals surface area contributed by atoms with Crippen molar-refractivity contribution in [2.45, 2.75) is 52.2 Å². The van der Waals surface area contributed by atoms with Crippen LogP contribution >= 0.6 is 0 Å². The standard InChI is InChI=1S/C14H25NO5.Na.H/c1-10(2)8-18-7-5-6-14(3,4)15-13(17)20-12(16)11-9-19-11;;/h10-11H,5-9H2,1-4H3,(H,15,17);;. The van der Waals surface area contributed by atoms with Crippen LogP contribution in [-0.2, 0) is 19.0 Å². The molecule has 0 aromatic carbocycles. The summed E-state index contributed by atoms with van der Waals surface area (Å²) in [5.74, 6) is -0.106. The van der Waals surface area contributed by atoms with E-state index < -0.39 is 23.7 Å². The average Bonchev–Trinajstić information content (AvgIpc) is 3.10. The van der Waals surface area contributed by atoms with Crippen molar-refractivity contribution in [3.8, 4) is 0 Å². The minimum absolute atomic E-state index is 0. The topological polar surface area (TPSA) is 77.2 Å². The molecular formula is C14H26NNaO5. The zero-order chi connectivity index (χ0) is 15.2. The van der Waals surface area contributed by atoms with Gasteiger partial charge in [0.2, 0.25) is 0 Å². The molecule has 1 unspecified atom stereocenters. The fourth-order valence-electron chi connectivity index (χ4n) is 1.64. The van der Waals surface area contributed by atoms with Gasteiger partial charge in [-0.1, -0.05) is 13.8 Å². The normalized spacial score (nSPS) is 17.1. The Hall–Kier alpha value is -0.140. The van der Waals surface area contributed by atoms with Crippen molar-refractivity contribution in [2.24, 2.45) is 5.92 Å². The predicted octanol–water partition coefficient (Wildman–Crippen LogP) is 1.22. The van der Waals surface area contributed by atoms with Crippen LogP contribution in [-0.4, -0.2) is 73.1 Å². The Morgan fingerprint density at radius 1 is 1.38 bits per heavy atom. The van der Waals surface area contributed by atoms with E-state index in [1.54, 1.807) is 0 Å². The van der Waals surface area contributed by atoms with Crippen LogP contribution in [0.3, 0.4) is 0 Å². The molecule has 1 atom stereocenters. The first-order valence-corrected chi connectivity index (χ1v) is 7.03. The molecule has 6 nitrogen and oxygen atoms in total. The van der Waals surface area contributed by atoms with Gasteiger partial charge in [-0.15, -0.1) is 0 Å². The van der Waals surface area contributed by atoms with Gasteiger partial charge in [-0.05, 0) is 32.6 Å². The Morgan fingerprint density at radius 2 is 2.00 bits per heavy atom. The summed E-state index contributed by atoms with van der Waals surface area (Å²) in [5, 5.41) is 2.68. The van der Waals surface area contributed by atoms with E-state index in [1.807, 2.05) is 13.8 Å². The maximum absolute atomic E-state index is 11.5. The number of nitrogens with one attached hydrogen (secondary N) is 1. The van der Waals surface area contributed by atoms with E-state index >= 15 is 0 Å². The first-order valence-electron chi connectivity index (χ1n) is 7.03. The first kappa shape index (κ1) is 20.9. The number of carbonyl (C=O) groups is 2. The van der Waals surface area contributed by atoms with Crippen molar-refractivity contribution in [1.29, 1.82) is 0 Å². The third-order valence-electron chi connectivity index (χ3n) is 2.77. The molecule has 1 N–H and O–H groups in total. The molecule has 7 heteroatoms. The van der Waals surface area contributed by atoms with Crippen LogP contribution in [0.15, 0.2) is 0 Å². The fourth-order valence-corrected chi connectivity index (χ4v) is 1.64. The van der Waals surface area contributed by atoms with Gasteiger partial charge in [0.15, 0.2) is 6.10 Å². The van der Waals surface area contributed by atoms with Gasteiger partial charge in [0.25, 0.3) is 0 Å². The van der Waals surface area contributed by atoms with Crippen LogP contribution in [0.2, 0.25) is 0 Å². The summed E-state index contributed by atoms with van der Waals surface area (Å²) >= 11 is 0. The van der Waals surface area contributed by atoms with E-state index in [1.165, 1.54) is 0 Å². The number of rotatable bonds is 8. The zero-order valence-corrected chi connectivity index (χ0v) is 12.7. The zero-order valence-electron chi connectivity index (χ0n) is 12.7. The Kier molecular flexibility index (Phi) is 9.73. The minimum atomic E-state index is -0.724. The summed E-state index contributed by atoms with van der Waals surface area (Å²) in [5.41, 5.74) is -0.442. The van der Waals surface area contributed by atoms with Crippen LogP contribution < -0.4 is 5.32 Å².